The van der Waals surface area contributed by atoms with E-state index in [1.54, 1.807) is 13.2 Å². The van der Waals surface area contributed by atoms with Gasteiger partial charge in [0.05, 0.1) is 18.8 Å². The van der Waals surface area contributed by atoms with Crippen LogP contribution in [0.3, 0.4) is 0 Å². The first-order valence-electron chi connectivity index (χ1n) is 8.79. The van der Waals surface area contributed by atoms with Crippen LogP contribution in [0.1, 0.15) is 34.1 Å². The van der Waals surface area contributed by atoms with Crippen LogP contribution in [-0.4, -0.2) is 34.9 Å². The van der Waals surface area contributed by atoms with E-state index in [1.807, 2.05) is 55.5 Å². The largest absolute Gasteiger partial charge is 0.497 e. The number of amides is 1. The summed E-state index contributed by atoms with van der Waals surface area (Å²) in [7, 11) is 1.61. The highest BCUT2D eigenvalue weighted by molar-refractivity contribution is 5.93. The summed E-state index contributed by atoms with van der Waals surface area (Å²) in [5, 5.41) is 19.3. The van der Waals surface area contributed by atoms with Crippen molar-refractivity contribution >= 4 is 5.91 Å². The molecule has 0 bridgehead atoms. The van der Waals surface area contributed by atoms with Crippen LogP contribution in [-0.2, 0) is 0 Å². The van der Waals surface area contributed by atoms with E-state index < -0.39 is 0 Å². The van der Waals surface area contributed by atoms with Gasteiger partial charge in [0.1, 0.15) is 11.4 Å². The second-order valence-electron chi connectivity index (χ2n) is 6.35. The van der Waals surface area contributed by atoms with Crippen LogP contribution in [0, 0.1) is 6.92 Å². The van der Waals surface area contributed by atoms with Crippen LogP contribution in [0.15, 0.2) is 54.6 Å². The Kier molecular flexibility index (Phi) is 5.88. The highest BCUT2D eigenvalue weighted by atomic mass is 16.5. The third-order valence-electron chi connectivity index (χ3n) is 4.39. The van der Waals surface area contributed by atoms with Crippen molar-refractivity contribution < 1.29 is 14.6 Å². The molecule has 0 spiro atoms. The van der Waals surface area contributed by atoms with Gasteiger partial charge in [-0.05, 0) is 37.1 Å². The zero-order chi connectivity index (χ0) is 19.2. The minimum atomic E-state index is -0.272. The molecule has 0 saturated carbocycles. The van der Waals surface area contributed by atoms with Gasteiger partial charge < -0.3 is 15.2 Å². The molecule has 3 rings (SSSR count). The van der Waals surface area contributed by atoms with E-state index in [4.69, 9.17) is 4.74 Å². The molecule has 0 radical (unpaired) electrons. The molecule has 1 amide bonds. The summed E-state index contributed by atoms with van der Waals surface area (Å²) in [4.78, 5) is 12.6. The van der Waals surface area contributed by atoms with Gasteiger partial charge in [-0.2, -0.15) is 5.10 Å². The summed E-state index contributed by atoms with van der Waals surface area (Å²) in [5.74, 6) is 0.458. The Morgan fingerprint density at radius 2 is 2.00 bits per heavy atom. The number of ether oxygens (including phenoxy) is 1. The van der Waals surface area contributed by atoms with Crippen LogP contribution in [0.25, 0.3) is 11.3 Å². The number of benzene rings is 2. The third kappa shape index (κ3) is 4.54. The predicted molar refractivity (Wildman–Crippen MR) is 104 cm³/mol. The highest BCUT2D eigenvalue weighted by Crippen LogP contribution is 2.23. The fourth-order valence-corrected chi connectivity index (χ4v) is 2.85. The molecule has 0 aliphatic carbocycles. The molecule has 6 heteroatoms. The lowest BCUT2D eigenvalue weighted by molar-refractivity contribution is 0.0925. The number of hydrogen-bond donors (Lipinski definition) is 3. The van der Waals surface area contributed by atoms with Crippen molar-refractivity contribution in [1.29, 1.82) is 0 Å². The van der Waals surface area contributed by atoms with Gasteiger partial charge in [0.25, 0.3) is 5.91 Å². The Labute approximate surface area is 158 Å². The van der Waals surface area contributed by atoms with Crippen molar-refractivity contribution in [3.63, 3.8) is 0 Å². The Hall–Kier alpha value is -3.12. The van der Waals surface area contributed by atoms with Gasteiger partial charge in [-0.25, -0.2) is 0 Å². The zero-order valence-corrected chi connectivity index (χ0v) is 15.4. The van der Waals surface area contributed by atoms with Crippen LogP contribution >= 0.6 is 0 Å². The van der Waals surface area contributed by atoms with E-state index >= 15 is 0 Å². The molecule has 0 aliphatic rings. The number of nitrogens with one attached hydrogen (secondary N) is 2. The van der Waals surface area contributed by atoms with Crippen LogP contribution in [0.2, 0.25) is 0 Å². The van der Waals surface area contributed by atoms with Gasteiger partial charge in [0.15, 0.2) is 0 Å². The van der Waals surface area contributed by atoms with E-state index in [9.17, 15) is 9.90 Å². The molecule has 0 saturated heterocycles. The van der Waals surface area contributed by atoms with Gasteiger partial charge >= 0.3 is 0 Å². The van der Waals surface area contributed by atoms with Crippen molar-refractivity contribution in [2.24, 2.45) is 0 Å². The Balaban J connectivity index is 1.76. The number of carbonyl (C=O) groups is 1. The fraction of sp³-hybridized carbons (Fsp3) is 0.238. The van der Waals surface area contributed by atoms with Gasteiger partial charge in [-0.15, -0.1) is 0 Å². The Morgan fingerprint density at radius 1 is 1.22 bits per heavy atom. The molecule has 3 N–H and O–H groups in total. The number of nitrogens with zero attached hydrogens (tertiary/aromatic N) is 1. The summed E-state index contributed by atoms with van der Waals surface area (Å²) in [6.45, 7) is 1.99. The monoisotopic (exact) mass is 365 g/mol. The summed E-state index contributed by atoms with van der Waals surface area (Å²) in [5.41, 5.74) is 3.98. The second-order valence-corrected chi connectivity index (χ2v) is 6.35. The van der Waals surface area contributed by atoms with E-state index in [1.165, 1.54) is 0 Å². The number of aromatic nitrogens is 2. The number of hydrogen-bond acceptors (Lipinski definition) is 4. The Bertz CT molecular complexity index is 903. The highest BCUT2D eigenvalue weighted by Gasteiger charge is 2.17. The van der Waals surface area contributed by atoms with Crippen molar-refractivity contribution in [2.45, 2.75) is 19.4 Å². The predicted octanol–water partition coefficient (Wildman–Crippen LogP) is 3.25. The topological polar surface area (TPSA) is 87.2 Å². The number of aryl methyl sites for hydroxylation is 1. The number of aliphatic hydroxyl groups is 1. The van der Waals surface area contributed by atoms with Crippen molar-refractivity contribution in [3.8, 4) is 17.0 Å². The van der Waals surface area contributed by atoms with Gasteiger partial charge in [-0.1, -0.05) is 42.0 Å². The Morgan fingerprint density at radius 3 is 2.70 bits per heavy atom. The molecule has 6 nitrogen and oxygen atoms in total. The summed E-state index contributed by atoms with van der Waals surface area (Å²) < 4.78 is 5.23. The minimum absolute atomic E-state index is 0.0170. The first-order chi connectivity index (χ1) is 13.1. The summed E-state index contributed by atoms with van der Waals surface area (Å²) >= 11 is 0. The maximum Gasteiger partial charge on any atom is 0.269 e. The number of H-pyrrole nitrogens is 1. The molecular formula is C21H23N3O3. The van der Waals surface area contributed by atoms with Crippen molar-refractivity contribution in [1.82, 2.24) is 15.5 Å². The molecule has 27 heavy (non-hydrogen) atoms. The average molecular weight is 365 g/mol. The number of aliphatic hydroxyl groups excluding tert-OH is 1. The van der Waals surface area contributed by atoms with E-state index in [-0.39, 0.29) is 18.6 Å². The lowest BCUT2D eigenvalue weighted by Gasteiger charge is -2.18. The lowest BCUT2D eigenvalue weighted by Crippen LogP contribution is -2.29. The molecule has 1 heterocycles. The molecule has 1 aromatic heterocycles. The van der Waals surface area contributed by atoms with Crippen molar-refractivity contribution in [2.75, 3.05) is 13.7 Å². The van der Waals surface area contributed by atoms with Crippen LogP contribution < -0.4 is 10.1 Å². The number of methoxy groups -OCH3 is 1. The second kappa shape index (κ2) is 8.51. The molecule has 1 atom stereocenters. The zero-order valence-electron chi connectivity index (χ0n) is 15.4. The van der Waals surface area contributed by atoms with Gasteiger partial charge in [-0.3, -0.25) is 9.89 Å². The normalized spacial score (nSPS) is 11.8. The van der Waals surface area contributed by atoms with Crippen LogP contribution in [0.4, 0.5) is 0 Å². The molecule has 1 unspecified atom stereocenters. The van der Waals surface area contributed by atoms with E-state index in [2.05, 4.69) is 15.5 Å². The van der Waals surface area contributed by atoms with Crippen molar-refractivity contribution in [3.05, 3.63) is 71.4 Å². The van der Waals surface area contributed by atoms with Crippen LogP contribution in [0.5, 0.6) is 5.75 Å². The quantitative estimate of drug-likeness (QED) is 0.600. The third-order valence-corrected chi connectivity index (χ3v) is 4.39. The van der Waals surface area contributed by atoms with E-state index in [0.29, 0.717) is 17.8 Å². The summed E-state index contributed by atoms with van der Waals surface area (Å²) in [6.07, 6.45) is 0.436. The molecule has 2 aromatic carbocycles. The maximum atomic E-state index is 12.6. The molecule has 140 valence electrons. The number of carbonyl (C=O) groups excluding carboxylic acids is 1. The van der Waals surface area contributed by atoms with E-state index in [0.717, 1.165) is 22.4 Å². The summed E-state index contributed by atoms with van der Waals surface area (Å²) in [6, 6.07) is 16.8. The first kappa shape index (κ1) is 18.7. The SMILES string of the molecule is COc1cccc(-c2cc(C(=O)NC(CCO)c3ccc(C)cc3)[nH]n2)c1. The maximum absolute atomic E-state index is 12.6. The number of aromatic amines is 1. The standard InChI is InChI=1S/C21H23N3O3/c1-14-6-8-15(9-7-14)18(10-11-25)22-21(26)20-13-19(23-24-20)16-4-3-5-17(12-16)27-2/h3-9,12-13,18,25H,10-11H2,1-2H3,(H,22,26)(H,23,24). The molecular weight excluding hydrogens is 342 g/mol. The van der Waals surface area contributed by atoms with Gasteiger partial charge in [0, 0.05) is 12.2 Å². The lowest BCUT2D eigenvalue weighted by atomic mass is 10.0. The number of rotatable bonds is 7. The molecule has 3 aromatic rings. The average Bonchev–Trinajstić information content (AvgIpc) is 3.19. The molecule has 0 aliphatic heterocycles. The minimum Gasteiger partial charge on any atom is -0.497 e. The van der Waals surface area contributed by atoms with Gasteiger partial charge in [0.2, 0.25) is 0 Å². The fourth-order valence-electron chi connectivity index (χ4n) is 2.85. The smallest absolute Gasteiger partial charge is 0.269 e. The first-order valence-corrected chi connectivity index (χ1v) is 8.79. The molecule has 0 fully saturated rings.